The minimum Gasteiger partial charge on any atom is -0.748 e. The van der Waals surface area contributed by atoms with Gasteiger partial charge in [0.2, 0.25) is 0 Å². The monoisotopic (exact) mass is 307 g/mol. The molecule has 0 bridgehead atoms. The van der Waals surface area contributed by atoms with Crippen molar-refractivity contribution >= 4 is 10.1 Å². The molecule has 0 saturated carbocycles. The van der Waals surface area contributed by atoms with Crippen molar-refractivity contribution in [3.63, 3.8) is 0 Å². The Morgan fingerprint density at radius 3 is 1.80 bits per heavy atom. The van der Waals surface area contributed by atoms with E-state index in [1.54, 1.807) is 0 Å². The van der Waals surface area contributed by atoms with E-state index in [-0.39, 0.29) is 0 Å². The molecule has 1 fully saturated rings. The number of hydrogen-bond donors (Lipinski definition) is 0. The summed E-state index contributed by atoms with van der Waals surface area (Å²) < 4.78 is 28.7. The molecule has 20 heavy (non-hydrogen) atoms. The Labute approximate surface area is 125 Å². The largest absolute Gasteiger partial charge is 0.748 e. The summed E-state index contributed by atoms with van der Waals surface area (Å²) in [6.07, 6.45) is 12.1. The van der Waals surface area contributed by atoms with Gasteiger partial charge in [-0.25, -0.2) is 8.42 Å². The van der Waals surface area contributed by atoms with Crippen molar-refractivity contribution in [1.29, 1.82) is 0 Å². The van der Waals surface area contributed by atoms with Crippen molar-refractivity contribution in [2.24, 2.45) is 0 Å². The Hall–Kier alpha value is -0.130. The SMILES string of the molecule is CCCCCC[N+]1(CCCC)CCCC1.CS(=O)(=O)[O-]. The molecule has 0 radical (unpaired) electrons. The normalized spacial score (nSPS) is 17.6. The van der Waals surface area contributed by atoms with Crippen LogP contribution < -0.4 is 0 Å². The van der Waals surface area contributed by atoms with E-state index < -0.39 is 10.1 Å². The second kappa shape index (κ2) is 10.6. The number of rotatable bonds is 8. The van der Waals surface area contributed by atoms with Gasteiger partial charge in [0.25, 0.3) is 0 Å². The van der Waals surface area contributed by atoms with Gasteiger partial charge in [-0.1, -0.05) is 33.1 Å². The summed E-state index contributed by atoms with van der Waals surface area (Å²) in [4.78, 5) is 0. The third-order valence-electron chi connectivity index (χ3n) is 3.99. The summed E-state index contributed by atoms with van der Waals surface area (Å²) >= 11 is 0. The lowest BCUT2D eigenvalue weighted by atomic mass is 10.1. The Morgan fingerprint density at radius 2 is 1.35 bits per heavy atom. The third kappa shape index (κ3) is 11.7. The summed E-state index contributed by atoms with van der Waals surface area (Å²) in [5.41, 5.74) is 0. The molecule has 1 aliphatic heterocycles. The average Bonchev–Trinajstić information content (AvgIpc) is 2.80. The van der Waals surface area contributed by atoms with Crippen LogP contribution in [0.3, 0.4) is 0 Å². The van der Waals surface area contributed by atoms with Gasteiger partial charge < -0.3 is 9.04 Å². The van der Waals surface area contributed by atoms with Gasteiger partial charge in [-0.2, -0.15) is 0 Å². The summed E-state index contributed by atoms with van der Waals surface area (Å²) in [6, 6.07) is 0. The molecule has 1 saturated heterocycles. The first-order chi connectivity index (χ1) is 9.33. The average molecular weight is 308 g/mol. The minimum absolute atomic E-state index is 0.604. The van der Waals surface area contributed by atoms with Crippen molar-refractivity contribution in [3.8, 4) is 0 Å². The van der Waals surface area contributed by atoms with E-state index in [4.69, 9.17) is 13.0 Å². The molecule has 1 aliphatic rings. The standard InChI is InChI=1S/C14H30N.CH4O3S/c1-3-5-7-8-12-15(11-6-4-2)13-9-10-14-15;1-5(2,3)4/h3-14H2,1-2H3;1H3,(H,2,3,4)/q+1;/p-1. The highest BCUT2D eigenvalue weighted by molar-refractivity contribution is 7.84. The van der Waals surface area contributed by atoms with Crippen LogP contribution in [0.15, 0.2) is 0 Å². The van der Waals surface area contributed by atoms with Gasteiger partial charge in [0.1, 0.15) is 0 Å². The molecular weight excluding hydrogens is 274 g/mol. The van der Waals surface area contributed by atoms with Crippen LogP contribution in [0.2, 0.25) is 0 Å². The van der Waals surface area contributed by atoms with Gasteiger partial charge in [0, 0.05) is 19.1 Å². The number of hydrogen-bond acceptors (Lipinski definition) is 3. The van der Waals surface area contributed by atoms with E-state index in [0.717, 1.165) is 0 Å². The summed E-state index contributed by atoms with van der Waals surface area (Å²) in [5.74, 6) is 0. The minimum atomic E-state index is -3.92. The second-order valence-electron chi connectivity index (χ2n) is 6.06. The molecule has 0 aromatic rings. The van der Waals surface area contributed by atoms with E-state index in [9.17, 15) is 0 Å². The predicted molar refractivity (Wildman–Crippen MR) is 83.6 cm³/mol. The Kier molecular flexibility index (Phi) is 10.5. The smallest absolute Gasteiger partial charge is 0.0916 e. The van der Waals surface area contributed by atoms with Crippen LogP contribution >= 0.6 is 0 Å². The molecule has 0 aliphatic carbocycles. The van der Waals surface area contributed by atoms with Gasteiger partial charge in [-0.3, -0.25) is 0 Å². The molecular formula is C15H33NO3S. The van der Waals surface area contributed by atoms with Crippen LogP contribution in [0.5, 0.6) is 0 Å². The Bertz CT molecular complexity index is 314. The van der Waals surface area contributed by atoms with Gasteiger partial charge in [0.15, 0.2) is 0 Å². The molecule has 0 atom stereocenters. The molecule has 0 unspecified atom stereocenters. The molecule has 0 amide bonds. The third-order valence-corrected chi connectivity index (χ3v) is 3.99. The van der Waals surface area contributed by atoms with Crippen LogP contribution in [-0.2, 0) is 10.1 Å². The maximum absolute atomic E-state index is 9.08. The molecule has 1 rings (SSSR count). The Morgan fingerprint density at radius 1 is 0.900 bits per heavy atom. The summed E-state index contributed by atoms with van der Waals surface area (Å²) in [6.45, 7) is 10.5. The van der Waals surface area contributed by atoms with Crippen molar-refractivity contribution in [1.82, 2.24) is 0 Å². The summed E-state index contributed by atoms with van der Waals surface area (Å²) in [7, 11) is -3.92. The topological polar surface area (TPSA) is 57.2 Å². The highest BCUT2D eigenvalue weighted by atomic mass is 32.2. The maximum atomic E-state index is 9.08. The first kappa shape index (κ1) is 19.9. The maximum Gasteiger partial charge on any atom is 0.0916 e. The zero-order valence-electron chi connectivity index (χ0n) is 13.6. The molecule has 5 heteroatoms. The molecule has 0 aromatic heterocycles. The van der Waals surface area contributed by atoms with Crippen molar-refractivity contribution in [3.05, 3.63) is 0 Å². The highest BCUT2D eigenvalue weighted by Gasteiger charge is 2.30. The van der Waals surface area contributed by atoms with Crippen LogP contribution in [-0.4, -0.2) is 49.9 Å². The van der Waals surface area contributed by atoms with Crippen molar-refractivity contribution < 1.29 is 17.5 Å². The first-order valence-electron chi connectivity index (χ1n) is 8.09. The van der Waals surface area contributed by atoms with E-state index in [1.165, 1.54) is 82.0 Å². The van der Waals surface area contributed by atoms with Gasteiger partial charge in [0.05, 0.1) is 36.3 Å². The van der Waals surface area contributed by atoms with E-state index in [0.29, 0.717) is 6.26 Å². The Balaban J connectivity index is 0.000000621. The lowest BCUT2D eigenvalue weighted by Crippen LogP contribution is -2.46. The number of unbranched alkanes of at least 4 members (excludes halogenated alkanes) is 4. The van der Waals surface area contributed by atoms with Gasteiger partial charge >= 0.3 is 0 Å². The highest BCUT2D eigenvalue weighted by Crippen LogP contribution is 2.22. The predicted octanol–water partition coefficient (Wildman–Crippen LogP) is 3.14. The summed E-state index contributed by atoms with van der Waals surface area (Å²) in [5, 5.41) is 0. The molecule has 4 nitrogen and oxygen atoms in total. The van der Waals surface area contributed by atoms with Gasteiger partial charge in [-0.15, -0.1) is 0 Å². The van der Waals surface area contributed by atoms with E-state index in [1.807, 2.05) is 0 Å². The number of likely N-dealkylation sites (tertiary alicyclic amines) is 1. The molecule has 122 valence electrons. The van der Waals surface area contributed by atoms with E-state index >= 15 is 0 Å². The van der Waals surface area contributed by atoms with E-state index in [2.05, 4.69) is 13.8 Å². The molecule has 1 heterocycles. The van der Waals surface area contributed by atoms with Crippen LogP contribution in [0.1, 0.15) is 65.2 Å². The van der Waals surface area contributed by atoms with Crippen molar-refractivity contribution in [2.45, 2.75) is 65.2 Å². The lowest BCUT2D eigenvalue weighted by Gasteiger charge is -2.34. The second-order valence-corrected chi connectivity index (χ2v) is 7.47. The van der Waals surface area contributed by atoms with Crippen LogP contribution in [0.4, 0.5) is 0 Å². The zero-order valence-corrected chi connectivity index (χ0v) is 14.4. The quantitative estimate of drug-likeness (QED) is 0.393. The molecule has 0 N–H and O–H groups in total. The lowest BCUT2D eigenvalue weighted by molar-refractivity contribution is -0.917. The molecule has 0 spiro atoms. The fraction of sp³-hybridized carbons (Fsp3) is 1.00. The first-order valence-corrected chi connectivity index (χ1v) is 9.90. The van der Waals surface area contributed by atoms with Crippen LogP contribution in [0, 0.1) is 0 Å². The van der Waals surface area contributed by atoms with Crippen molar-refractivity contribution in [2.75, 3.05) is 32.4 Å². The van der Waals surface area contributed by atoms with Gasteiger partial charge in [-0.05, 0) is 19.3 Å². The number of nitrogens with zero attached hydrogens (tertiary/aromatic N) is 1. The fourth-order valence-electron chi connectivity index (χ4n) is 2.93. The number of quaternary nitrogens is 1. The molecule has 0 aromatic carbocycles. The zero-order chi connectivity index (χ0) is 15.5. The van der Waals surface area contributed by atoms with Crippen LogP contribution in [0.25, 0.3) is 0 Å². The fourth-order valence-corrected chi connectivity index (χ4v) is 2.93.